The van der Waals surface area contributed by atoms with Crippen molar-refractivity contribution in [3.05, 3.63) is 11.8 Å². The Morgan fingerprint density at radius 2 is 2.17 bits per heavy atom. The van der Waals surface area contributed by atoms with E-state index in [-0.39, 0.29) is 17.3 Å². The molecule has 3 N–H and O–H groups in total. The summed E-state index contributed by atoms with van der Waals surface area (Å²) in [4.78, 5) is 11.6. The second-order valence-corrected chi connectivity index (χ2v) is 4.34. The number of aromatic nitrogens is 2. The van der Waals surface area contributed by atoms with Crippen LogP contribution in [-0.2, 0) is 6.54 Å². The Labute approximate surface area is 102 Å². The van der Waals surface area contributed by atoms with Gasteiger partial charge in [-0.05, 0) is 5.92 Å². The molecule has 0 aromatic carbocycles. The van der Waals surface area contributed by atoms with Gasteiger partial charge in [-0.3, -0.25) is 9.48 Å². The molecule has 0 aliphatic heterocycles. The first-order valence-electron chi connectivity index (χ1n) is 5.37. The van der Waals surface area contributed by atoms with E-state index in [0.717, 1.165) is 6.20 Å². The van der Waals surface area contributed by atoms with Crippen LogP contribution in [0.2, 0.25) is 0 Å². The molecule has 5 nitrogen and oxygen atoms in total. The van der Waals surface area contributed by atoms with Crippen LogP contribution in [-0.4, -0.2) is 28.4 Å². The molecule has 102 valence electrons. The van der Waals surface area contributed by atoms with Crippen LogP contribution in [0.5, 0.6) is 0 Å². The maximum Gasteiger partial charge on any atom is 0.408 e. The fourth-order valence-corrected chi connectivity index (χ4v) is 1.27. The highest BCUT2D eigenvalue weighted by molar-refractivity contribution is 5.98. The van der Waals surface area contributed by atoms with Crippen LogP contribution >= 0.6 is 0 Å². The van der Waals surface area contributed by atoms with Gasteiger partial charge < -0.3 is 11.1 Å². The van der Waals surface area contributed by atoms with Crippen molar-refractivity contribution in [3.63, 3.8) is 0 Å². The summed E-state index contributed by atoms with van der Waals surface area (Å²) in [5, 5.41) is 6.02. The van der Waals surface area contributed by atoms with E-state index in [1.807, 2.05) is 13.8 Å². The van der Waals surface area contributed by atoms with Gasteiger partial charge in [0, 0.05) is 12.7 Å². The Bertz CT molecular complexity index is 425. The van der Waals surface area contributed by atoms with E-state index in [9.17, 15) is 18.0 Å². The number of nitrogens with one attached hydrogen (secondary N) is 1. The molecule has 1 amide bonds. The molecular weight excluding hydrogens is 249 g/mol. The number of halogens is 3. The van der Waals surface area contributed by atoms with Gasteiger partial charge in [-0.1, -0.05) is 13.8 Å². The third kappa shape index (κ3) is 4.27. The first kappa shape index (κ1) is 14.3. The number of alkyl halides is 3. The van der Waals surface area contributed by atoms with Crippen molar-refractivity contribution in [1.29, 1.82) is 0 Å². The zero-order valence-electron chi connectivity index (χ0n) is 10.1. The number of amides is 1. The van der Waals surface area contributed by atoms with Gasteiger partial charge >= 0.3 is 6.18 Å². The van der Waals surface area contributed by atoms with Crippen molar-refractivity contribution >= 4 is 11.7 Å². The maximum atomic E-state index is 12.1. The molecule has 0 saturated carbocycles. The van der Waals surface area contributed by atoms with Gasteiger partial charge in [0.25, 0.3) is 5.91 Å². The molecule has 0 aliphatic carbocycles. The van der Waals surface area contributed by atoms with Gasteiger partial charge in [0.2, 0.25) is 0 Å². The maximum absolute atomic E-state index is 12.1. The highest BCUT2D eigenvalue weighted by Gasteiger charge is 2.29. The van der Waals surface area contributed by atoms with E-state index in [4.69, 9.17) is 5.73 Å². The molecule has 1 aromatic rings. The second-order valence-electron chi connectivity index (χ2n) is 4.34. The molecule has 0 spiro atoms. The number of nitrogens with two attached hydrogens (primary N) is 1. The Morgan fingerprint density at radius 3 is 2.67 bits per heavy atom. The molecule has 0 fully saturated rings. The van der Waals surface area contributed by atoms with Crippen molar-refractivity contribution in [1.82, 2.24) is 15.1 Å². The first-order valence-corrected chi connectivity index (χ1v) is 5.37. The Balaban J connectivity index is 2.75. The largest absolute Gasteiger partial charge is 0.408 e. The summed E-state index contributed by atoms with van der Waals surface area (Å²) in [6.07, 6.45) is -3.40. The van der Waals surface area contributed by atoms with Gasteiger partial charge in [0.05, 0.1) is 0 Å². The Kier molecular flexibility index (Phi) is 4.20. The van der Waals surface area contributed by atoms with Crippen molar-refractivity contribution in [2.75, 3.05) is 12.3 Å². The molecular formula is C10H15F3N4O. The number of nitrogen functional groups attached to an aromatic ring is 1. The summed E-state index contributed by atoms with van der Waals surface area (Å²) in [6.45, 7) is 2.95. The van der Waals surface area contributed by atoms with E-state index in [2.05, 4.69) is 10.4 Å². The minimum absolute atomic E-state index is 0.0418. The van der Waals surface area contributed by atoms with E-state index in [1.54, 1.807) is 0 Å². The molecule has 0 aliphatic rings. The molecule has 8 heteroatoms. The van der Waals surface area contributed by atoms with Crippen LogP contribution in [0.15, 0.2) is 6.20 Å². The fraction of sp³-hybridized carbons (Fsp3) is 0.600. The Morgan fingerprint density at radius 1 is 1.56 bits per heavy atom. The number of rotatable bonds is 4. The van der Waals surface area contributed by atoms with E-state index in [0.29, 0.717) is 11.2 Å². The number of nitrogens with zero attached hydrogens (tertiary/aromatic N) is 2. The molecule has 0 saturated heterocycles. The third-order valence-electron chi connectivity index (χ3n) is 2.05. The zero-order chi connectivity index (χ0) is 13.9. The average Bonchev–Trinajstić information content (AvgIpc) is 2.53. The normalized spacial score (nSPS) is 11.9. The average molecular weight is 264 g/mol. The van der Waals surface area contributed by atoms with Crippen molar-refractivity contribution < 1.29 is 18.0 Å². The van der Waals surface area contributed by atoms with Gasteiger partial charge in [0.1, 0.15) is 12.1 Å². The lowest BCUT2D eigenvalue weighted by atomic mass is 10.2. The van der Waals surface area contributed by atoms with E-state index >= 15 is 0 Å². The molecule has 0 radical (unpaired) electrons. The summed E-state index contributed by atoms with van der Waals surface area (Å²) in [5.74, 6) is -0.490. The van der Waals surface area contributed by atoms with Crippen LogP contribution in [0.3, 0.4) is 0 Å². The summed E-state index contributed by atoms with van der Waals surface area (Å²) >= 11 is 0. The third-order valence-corrected chi connectivity index (χ3v) is 2.05. The van der Waals surface area contributed by atoms with Crippen LogP contribution < -0.4 is 11.1 Å². The van der Waals surface area contributed by atoms with Gasteiger partial charge in [-0.25, -0.2) is 0 Å². The second kappa shape index (κ2) is 5.28. The van der Waals surface area contributed by atoms with Crippen molar-refractivity contribution in [2.45, 2.75) is 26.6 Å². The standard InChI is InChI=1S/C10H15F3N4O/c1-6(2)3-15-9(18)7-4-17(16-8(7)14)5-10(11,12)13/h4,6H,3,5H2,1-2H3,(H2,14,16)(H,15,18). The van der Waals surface area contributed by atoms with E-state index < -0.39 is 18.6 Å². The lowest BCUT2D eigenvalue weighted by Crippen LogP contribution is -2.27. The minimum atomic E-state index is -4.40. The molecule has 18 heavy (non-hydrogen) atoms. The number of carbonyl (C=O) groups excluding carboxylic acids is 1. The molecule has 0 atom stereocenters. The number of hydrogen-bond acceptors (Lipinski definition) is 3. The molecule has 1 rings (SSSR count). The molecule has 1 aromatic heterocycles. The highest BCUT2D eigenvalue weighted by atomic mass is 19.4. The van der Waals surface area contributed by atoms with Gasteiger partial charge in [0.15, 0.2) is 5.82 Å². The topological polar surface area (TPSA) is 72.9 Å². The molecule has 0 bridgehead atoms. The van der Waals surface area contributed by atoms with Crippen LogP contribution in [0.25, 0.3) is 0 Å². The lowest BCUT2D eigenvalue weighted by Gasteiger charge is -2.06. The van der Waals surface area contributed by atoms with Crippen molar-refractivity contribution in [2.24, 2.45) is 5.92 Å². The van der Waals surface area contributed by atoms with Gasteiger partial charge in [-0.2, -0.15) is 18.3 Å². The predicted octanol–water partition coefficient (Wildman–Crippen LogP) is 1.41. The first-order chi connectivity index (χ1) is 8.19. The smallest absolute Gasteiger partial charge is 0.382 e. The van der Waals surface area contributed by atoms with Crippen LogP contribution in [0.1, 0.15) is 24.2 Å². The number of carbonyl (C=O) groups is 1. The van der Waals surface area contributed by atoms with Gasteiger partial charge in [-0.15, -0.1) is 0 Å². The minimum Gasteiger partial charge on any atom is -0.382 e. The van der Waals surface area contributed by atoms with Crippen LogP contribution in [0, 0.1) is 5.92 Å². The SMILES string of the molecule is CC(C)CNC(=O)c1cn(CC(F)(F)F)nc1N. The molecule has 0 unspecified atom stereocenters. The fourth-order valence-electron chi connectivity index (χ4n) is 1.27. The Hall–Kier alpha value is -1.73. The predicted molar refractivity (Wildman–Crippen MR) is 59.9 cm³/mol. The summed E-state index contributed by atoms with van der Waals surface area (Å²) in [7, 11) is 0. The lowest BCUT2D eigenvalue weighted by molar-refractivity contribution is -0.142. The monoisotopic (exact) mass is 264 g/mol. The van der Waals surface area contributed by atoms with E-state index in [1.165, 1.54) is 0 Å². The zero-order valence-corrected chi connectivity index (χ0v) is 10.1. The summed E-state index contributed by atoms with van der Waals surface area (Å²) in [5.41, 5.74) is 5.37. The van der Waals surface area contributed by atoms with Crippen molar-refractivity contribution in [3.8, 4) is 0 Å². The summed E-state index contributed by atoms with van der Waals surface area (Å²) < 4.78 is 37.0. The van der Waals surface area contributed by atoms with Crippen LogP contribution in [0.4, 0.5) is 19.0 Å². The summed E-state index contributed by atoms with van der Waals surface area (Å²) in [6, 6.07) is 0. The highest BCUT2D eigenvalue weighted by Crippen LogP contribution is 2.18. The molecule has 1 heterocycles. The number of hydrogen-bond donors (Lipinski definition) is 2. The quantitative estimate of drug-likeness (QED) is 0.863. The number of anilines is 1.